The zero-order valence-electron chi connectivity index (χ0n) is 40.5. The second-order valence-electron chi connectivity index (χ2n) is 20.4. The number of alkyl halides is 1. The van der Waals surface area contributed by atoms with Gasteiger partial charge in [-0.05, 0) is 90.2 Å². The molecule has 1 aliphatic rings. The first-order chi connectivity index (χ1) is 32.2. The fourth-order valence-corrected chi connectivity index (χ4v) is 10.7. The van der Waals surface area contributed by atoms with Gasteiger partial charge in [0.25, 0.3) is 0 Å². The van der Waals surface area contributed by atoms with Gasteiger partial charge in [0.15, 0.2) is 28.2 Å². The van der Waals surface area contributed by atoms with E-state index < -0.39 is 35.0 Å². The average Bonchev–Trinajstić information content (AvgIpc) is 3.92. The molecule has 1 N–H and O–H groups in total. The van der Waals surface area contributed by atoms with E-state index in [1.807, 2.05) is 36.4 Å². The van der Waals surface area contributed by atoms with Crippen LogP contribution in [0.25, 0.3) is 0 Å². The Hall–Kier alpha value is -3.97. The van der Waals surface area contributed by atoms with Gasteiger partial charge in [-0.1, -0.05) is 124 Å². The maximum Gasteiger partial charge on any atom is 0.199 e. The summed E-state index contributed by atoms with van der Waals surface area (Å²) in [6.45, 7) is 23.2. The van der Waals surface area contributed by atoms with E-state index in [1.54, 1.807) is 45.8 Å². The summed E-state index contributed by atoms with van der Waals surface area (Å²) in [5.41, 5.74) is 3.22. The van der Waals surface area contributed by atoms with Crippen molar-refractivity contribution in [2.45, 2.75) is 116 Å². The summed E-state index contributed by atoms with van der Waals surface area (Å²) in [6.07, 6.45) is 7.40. The highest BCUT2D eigenvalue weighted by Gasteiger charge is 2.51. The lowest BCUT2D eigenvalue weighted by atomic mass is 10.1. The summed E-state index contributed by atoms with van der Waals surface area (Å²) in [5.74, 6) is -0.461. The number of halogens is 6. The molecule has 0 amide bonds. The number of carbonyl (C=O) groups excluding carboxylic acids is 2. The molecule has 69 heavy (non-hydrogen) atoms. The molecule has 7 rings (SSSR count). The van der Waals surface area contributed by atoms with E-state index in [2.05, 4.69) is 93.0 Å². The SMILES string of the molecule is CC(C)(C)[Si](C)(C)OC[C@H]1C[C@@H](Nc2ncncc2C(=O)c2cc(Cl)n(Cc3cccc(Cl)c3)c2)[C@@H](F)[C@@H]1O[Si](C)(C)C(C)(C)C.O=C(c1cc(Cl)n(Cc2cccc(Cl)c2)c1)c1cncnc1Cl. The van der Waals surface area contributed by atoms with Crippen molar-refractivity contribution < 1.29 is 22.8 Å². The van der Waals surface area contributed by atoms with Gasteiger partial charge in [-0.2, -0.15) is 0 Å². The summed E-state index contributed by atoms with van der Waals surface area (Å²) in [4.78, 5) is 42.4. The number of carbonyl (C=O) groups is 2. The van der Waals surface area contributed by atoms with Crippen molar-refractivity contribution in [2.24, 2.45) is 5.92 Å². The molecule has 2 aromatic carbocycles. The quantitative estimate of drug-likeness (QED) is 0.0608. The van der Waals surface area contributed by atoms with Crippen LogP contribution in [0.15, 0.2) is 98.1 Å². The lowest BCUT2D eigenvalue weighted by Gasteiger charge is -2.41. The maximum atomic E-state index is 16.5. The van der Waals surface area contributed by atoms with E-state index in [0.717, 1.165) is 11.1 Å². The molecule has 0 spiro atoms. The number of nitrogens with zero attached hydrogens (tertiary/aromatic N) is 6. The van der Waals surface area contributed by atoms with E-state index >= 15 is 4.39 Å². The Labute approximate surface area is 431 Å². The predicted octanol–water partition coefficient (Wildman–Crippen LogP) is 13.9. The van der Waals surface area contributed by atoms with Gasteiger partial charge in [0.05, 0.1) is 23.3 Å². The van der Waals surface area contributed by atoms with Crippen LogP contribution in [0.3, 0.4) is 0 Å². The minimum absolute atomic E-state index is 0.0281. The van der Waals surface area contributed by atoms with Crippen molar-refractivity contribution in [1.29, 1.82) is 0 Å². The molecule has 0 aliphatic heterocycles. The highest BCUT2D eigenvalue weighted by Crippen LogP contribution is 2.44. The molecular formula is C50H59Cl5FN7O4Si2. The smallest absolute Gasteiger partial charge is 0.199 e. The number of hydrogen-bond acceptors (Lipinski definition) is 9. The van der Waals surface area contributed by atoms with Gasteiger partial charge in [0, 0.05) is 71.6 Å². The molecule has 1 aliphatic carbocycles. The molecule has 4 heterocycles. The molecule has 1 fully saturated rings. The van der Waals surface area contributed by atoms with Gasteiger partial charge in [0.2, 0.25) is 0 Å². The Kier molecular flexibility index (Phi) is 17.5. The van der Waals surface area contributed by atoms with Gasteiger partial charge in [-0.25, -0.2) is 24.3 Å². The van der Waals surface area contributed by atoms with Crippen LogP contribution in [-0.2, 0) is 21.9 Å². The van der Waals surface area contributed by atoms with Crippen molar-refractivity contribution in [1.82, 2.24) is 29.1 Å². The molecular weight excluding hydrogens is 1020 g/mol. The van der Waals surface area contributed by atoms with Gasteiger partial charge < -0.3 is 23.3 Å². The van der Waals surface area contributed by atoms with E-state index in [-0.39, 0.29) is 49.7 Å². The van der Waals surface area contributed by atoms with Crippen LogP contribution in [0.4, 0.5) is 10.2 Å². The van der Waals surface area contributed by atoms with Crippen LogP contribution >= 0.6 is 58.0 Å². The summed E-state index contributed by atoms with van der Waals surface area (Å²) < 4.78 is 33.5. The minimum Gasteiger partial charge on any atom is -0.416 e. The third-order valence-electron chi connectivity index (χ3n) is 13.3. The van der Waals surface area contributed by atoms with E-state index in [0.29, 0.717) is 57.6 Å². The molecule has 1 saturated carbocycles. The fourth-order valence-electron chi connectivity index (χ4n) is 7.27. The van der Waals surface area contributed by atoms with Crippen LogP contribution in [-0.4, -0.2) is 82.2 Å². The van der Waals surface area contributed by atoms with Gasteiger partial charge in [0.1, 0.15) is 40.1 Å². The Bertz CT molecular complexity index is 2780. The zero-order chi connectivity index (χ0) is 50.6. The third-order valence-corrected chi connectivity index (χ3v) is 23.7. The molecule has 0 bridgehead atoms. The third kappa shape index (κ3) is 13.5. The molecule has 0 radical (unpaired) electrons. The van der Waals surface area contributed by atoms with Gasteiger partial charge >= 0.3 is 0 Å². The first-order valence-corrected chi connectivity index (χ1v) is 30.2. The van der Waals surface area contributed by atoms with Crippen molar-refractivity contribution in [3.8, 4) is 0 Å². The van der Waals surface area contributed by atoms with Crippen molar-refractivity contribution in [3.05, 3.63) is 157 Å². The van der Waals surface area contributed by atoms with Crippen LogP contribution in [0.5, 0.6) is 0 Å². The van der Waals surface area contributed by atoms with Crippen LogP contribution in [0.2, 0.25) is 61.8 Å². The van der Waals surface area contributed by atoms with Gasteiger partial charge in [-0.3, -0.25) is 9.59 Å². The monoisotopic (exact) mass is 1070 g/mol. The van der Waals surface area contributed by atoms with Crippen molar-refractivity contribution >= 4 is 92.0 Å². The van der Waals surface area contributed by atoms with E-state index in [4.69, 9.17) is 66.9 Å². The number of benzene rings is 2. The molecule has 6 aromatic rings. The van der Waals surface area contributed by atoms with Crippen molar-refractivity contribution in [3.63, 3.8) is 0 Å². The van der Waals surface area contributed by atoms with Crippen LogP contribution < -0.4 is 5.32 Å². The highest BCUT2D eigenvalue weighted by molar-refractivity contribution is 6.74. The topological polar surface area (TPSA) is 126 Å². The maximum absolute atomic E-state index is 16.5. The molecule has 368 valence electrons. The molecule has 0 unspecified atom stereocenters. The Balaban J connectivity index is 0.000000283. The fraction of sp³-hybridized carbons (Fsp3) is 0.400. The Morgan fingerprint density at radius 2 is 1.22 bits per heavy atom. The number of anilines is 1. The second kappa shape index (κ2) is 22.2. The average molecular weight is 1070 g/mol. The summed E-state index contributed by atoms with van der Waals surface area (Å²) in [7, 11) is -4.39. The molecule has 4 atom stereocenters. The van der Waals surface area contributed by atoms with Crippen LogP contribution in [0.1, 0.15) is 90.9 Å². The molecule has 0 saturated heterocycles. The molecule has 4 aromatic heterocycles. The first kappa shape index (κ1) is 54.4. The summed E-state index contributed by atoms with van der Waals surface area (Å²) in [5, 5.41) is 5.46. The minimum atomic E-state index is -2.31. The number of hydrogen-bond donors (Lipinski definition) is 1. The van der Waals surface area contributed by atoms with Crippen molar-refractivity contribution in [2.75, 3.05) is 11.9 Å². The highest BCUT2D eigenvalue weighted by atomic mass is 35.5. The van der Waals surface area contributed by atoms with Crippen LogP contribution in [0, 0.1) is 5.92 Å². The van der Waals surface area contributed by atoms with E-state index in [9.17, 15) is 9.59 Å². The summed E-state index contributed by atoms with van der Waals surface area (Å²) >= 11 is 30.8. The number of aromatic nitrogens is 6. The second-order valence-corrected chi connectivity index (χ2v) is 32.0. The number of ketones is 2. The standard InChI is InChI=1S/C34H49Cl2FN4O3Si2.C16H10Cl3N3O/c1-33(2,3)45(7,8)43-20-24-15-27(29(37)31(24)44-46(9,10)34(4,5)6)40-32-26(17-38-21-39-32)30(42)23-16-28(36)41(19-23)18-22-12-11-13-25(35)14-22;17-12-3-1-2-10(4-12)7-22-8-11(5-14(22)18)15(23)13-6-20-9-21-16(13)19/h11-14,16-17,19,21,24,27,29,31H,15,18,20H2,1-10H3,(H,38,39,40);1-6,8-9H,7H2/t24-,27-,29-,31-;/m1./s1. The summed E-state index contributed by atoms with van der Waals surface area (Å²) in [6, 6.07) is 17.5. The lowest BCUT2D eigenvalue weighted by Crippen LogP contribution is -2.49. The number of nitrogens with one attached hydrogen (secondary N) is 1. The first-order valence-electron chi connectivity index (χ1n) is 22.5. The normalized spacial score (nSPS) is 17.6. The molecule has 11 nitrogen and oxygen atoms in total. The zero-order valence-corrected chi connectivity index (χ0v) is 46.2. The lowest BCUT2D eigenvalue weighted by molar-refractivity contribution is 0.0551. The molecule has 19 heteroatoms. The Morgan fingerprint density at radius 1 is 0.725 bits per heavy atom. The largest absolute Gasteiger partial charge is 0.416 e. The van der Waals surface area contributed by atoms with Gasteiger partial charge in [-0.15, -0.1) is 0 Å². The Morgan fingerprint density at radius 3 is 1.71 bits per heavy atom. The van der Waals surface area contributed by atoms with E-state index in [1.165, 1.54) is 25.0 Å². The predicted molar refractivity (Wildman–Crippen MR) is 282 cm³/mol. The number of rotatable bonds is 15.